The Bertz CT molecular complexity index is 564. The molecule has 0 heterocycles. The van der Waals surface area contributed by atoms with Gasteiger partial charge in [0, 0.05) is 0 Å². The van der Waals surface area contributed by atoms with Gasteiger partial charge in [-0.05, 0) is 86.8 Å². The van der Waals surface area contributed by atoms with Gasteiger partial charge in [-0.3, -0.25) is 4.79 Å². The number of carbonyl (C=O) groups excluding carboxylic acids is 1. The fourth-order valence-electron chi connectivity index (χ4n) is 3.86. The first-order chi connectivity index (χ1) is 12.4. The number of hydrogen-bond acceptors (Lipinski definition) is 2. The Hall–Kier alpha value is -1.31. The van der Waals surface area contributed by atoms with Crippen LogP contribution in [0.5, 0.6) is 0 Å². The topological polar surface area (TPSA) is 26.3 Å². The summed E-state index contributed by atoms with van der Waals surface area (Å²) in [7, 11) is 0. The molecule has 2 nitrogen and oxygen atoms in total. The van der Waals surface area contributed by atoms with Crippen molar-refractivity contribution in [1.82, 2.24) is 0 Å². The molecule has 2 rings (SSSR count). The van der Waals surface area contributed by atoms with Crippen LogP contribution in [0.25, 0.3) is 0 Å². The molecule has 2 heteroatoms. The Kier molecular flexibility index (Phi) is 7.73. The summed E-state index contributed by atoms with van der Waals surface area (Å²) in [6.07, 6.45) is 13.1. The summed E-state index contributed by atoms with van der Waals surface area (Å²) in [4.78, 5) is 10.6. The molecule has 0 spiro atoms. The van der Waals surface area contributed by atoms with Gasteiger partial charge in [0.1, 0.15) is 5.60 Å². The Morgan fingerprint density at radius 2 is 1.62 bits per heavy atom. The standard InChI is InChI=1S/C24H38O2/c1-20-21(11-6-5-8-15-23(2,3)4)13-10-14-22(20)12-7-9-16-24(17-18-24)26-19-25/h10,13-14,19H,5-9,11-12,15-18H2,1-4H3. The zero-order valence-corrected chi connectivity index (χ0v) is 17.4. The van der Waals surface area contributed by atoms with E-state index < -0.39 is 0 Å². The van der Waals surface area contributed by atoms with Crippen LogP contribution < -0.4 is 0 Å². The quantitative estimate of drug-likeness (QED) is 0.312. The first-order valence-electron chi connectivity index (χ1n) is 10.5. The van der Waals surface area contributed by atoms with Gasteiger partial charge in [-0.2, -0.15) is 0 Å². The van der Waals surface area contributed by atoms with Gasteiger partial charge in [-0.1, -0.05) is 51.8 Å². The number of benzene rings is 1. The lowest BCUT2D eigenvalue weighted by Crippen LogP contribution is -2.12. The number of rotatable bonds is 12. The Labute approximate surface area is 160 Å². The summed E-state index contributed by atoms with van der Waals surface area (Å²) in [6, 6.07) is 6.82. The third-order valence-corrected chi connectivity index (χ3v) is 5.87. The molecule has 0 radical (unpaired) electrons. The lowest BCUT2D eigenvalue weighted by Gasteiger charge is -2.17. The zero-order chi connectivity index (χ0) is 19.0. The molecule has 1 aromatic rings. The summed E-state index contributed by atoms with van der Waals surface area (Å²) in [6.45, 7) is 9.91. The van der Waals surface area contributed by atoms with Crippen LogP contribution in [0.2, 0.25) is 0 Å². The molecule has 1 fully saturated rings. The largest absolute Gasteiger partial charge is 0.461 e. The predicted octanol–water partition coefficient (Wildman–Crippen LogP) is 6.56. The minimum Gasteiger partial charge on any atom is -0.461 e. The molecule has 0 unspecified atom stereocenters. The van der Waals surface area contributed by atoms with Crippen molar-refractivity contribution in [3.8, 4) is 0 Å². The van der Waals surface area contributed by atoms with Gasteiger partial charge in [-0.15, -0.1) is 0 Å². The highest BCUT2D eigenvalue weighted by molar-refractivity contribution is 5.39. The second-order valence-corrected chi connectivity index (χ2v) is 9.43. The smallest absolute Gasteiger partial charge is 0.293 e. The van der Waals surface area contributed by atoms with E-state index in [-0.39, 0.29) is 5.60 Å². The van der Waals surface area contributed by atoms with E-state index in [2.05, 4.69) is 45.9 Å². The predicted molar refractivity (Wildman–Crippen MR) is 109 cm³/mol. The van der Waals surface area contributed by atoms with Gasteiger partial charge >= 0.3 is 0 Å². The van der Waals surface area contributed by atoms with Crippen LogP contribution in [0.4, 0.5) is 0 Å². The minimum atomic E-state index is -0.0916. The van der Waals surface area contributed by atoms with E-state index in [1.807, 2.05) is 0 Å². The van der Waals surface area contributed by atoms with Crippen LogP contribution in [-0.2, 0) is 22.4 Å². The Morgan fingerprint density at radius 3 is 2.15 bits per heavy atom. The molecular formula is C24H38O2. The molecule has 0 amide bonds. The van der Waals surface area contributed by atoms with E-state index >= 15 is 0 Å². The molecule has 0 aromatic heterocycles. The first kappa shape index (κ1) is 21.0. The molecule has 1 aliphatic carbocycles. The average molecular weight is 359 g/mol. The van der Waals surface area contributed by atoms with E-state index in [1.165, 1.54) is 55.2 Å². The summed E-state index contributed by atoms with van der Waals surface area (Å²) in [5.74, 6) is 0. The van der Waals surface area contributed by atoms with E-state index in [9.17, 15) is 4.79 Å². The number of aryl methyl sites for hydroxylation is 2. The van der Waals surface area contributed by atoms with Gasteiger partial charge in [-0.25, -0.2) is 0 Å². The van der Waals surface area contributed by atoms with Crippen molar-refractivity contribution in [2.24, 2.45) is 5.41 Å². The highest BCUT2D eigenvalue weighted by Crippen LogP contribution is 2.43. The molecule has 0 saturated heterocycles. The molecule has 1 saturated carbocycles. The summed E-state index contributed by atoms with van der Waals surface area (Å²) >= 11 is 0. The zero-order valence-electron chi connectivity index (χ0n) is 17.4. The lowest BCUT2D eigenvalue weighted by atomic mass is 9.89. The second kappa shape index (κ2) is 9.58. The number of unbranched alkanes of at least 4 members (excludes halogenated alkanes) is 3. The fraction of sp³-hybridized carbons (Fsp3) is 0.708. The van der Waals surface area contributed by atoms with E-state index in [4.69, 9.17) is 4.74 Å². The summed E-state index contributed by atoms with van der Waals surface area (Å²) in [5, 5.41) is 0. The molecule has 1 aliphatic rings. The van der Waals surface area contributed by atoms with Crippen LogP contribution in [0, 0.1) is 12.3 Å². The van der Waals surface area contributed by atoms with Crippen molar-refractivity contribution in [3.63, 3.8) is 0 Å². The molecule has 146 valence electrons. The third kappa shape index (κ3) is 7.13. The van der Waals surface area contributed by atoms with Gasteiger partial charge in [0.2, 0.25) is 0 Å². The highest BCUT2D eigenvalue weighted by Gasteiger charge is 2.44. The normalized spacial score (nSPS) is 15.7. The highest BCUT2D eigenvalue weighted by atomic mass is 16.5. The van der Waals surface area contributed by atoms with Crippen molar-refractivity contribution < 1.29 is 9.53 Å². The second-order valence-electron chi connectivity index (χ2n) is 9.43. The molecular weight excluding hydrogens is 320 g/mol. The number of hydrogen-bond donors (Lipinski definition) is 0. The SMILES string of the molecule is Cc1c(CCCCCC(C)(C)C)cccc1CCCCC1(OC=O)CC1. The van der Waals surface area contributed by atoms with Crippen LogP contribution >= 0.6 is 0 Å². The van der Waals surface area contributed by atoms with Crippen molar-refractivity contribution >= 4 is 6.47 Å². The molecule has 1 aromatic carbocycles. The number of carbonyl (C=O) groups is 1. The van der Waals surface area contributed by atoms with Crippen LogP contribution in [0.1, 0.15) is 95.2 Å². The first-order valence-corrected chi connectivity index (χ1v) is 10.5. The molecule has 0 bridgehead atoms. The lowest BCUT2D eigenvalue weighted by molar-refractivity contribution is -0.135. The van der Waals surface area contributed by atoms with Gasteiger partial charge < -0.3 is 4.74 Å². The van der Waals surface area contributed by atoms with Gasteiger partial charge in [0.25, 0.3) is 6.47 Å². The number of ether oxygens (including phenoxy) is 1. The monoisotopic (exact) mass is 358 g/mol. The molecule has 0 aliphatic heterocycles. The Morgan fingerprint density at radius 1 is 1.00 bits per heavy atom. The van der Waals surface area contributed by atoms with Crippen molar-refractivity contribution in [3.05, 3.63) is 34.9 Å². The van der Waals surface area contributed by atoms with Crippen molar-refractivity contribution in [2.45, 2.75) is 104 Å². The van der Waals surface area contributed by atoms with Gasteiger partial charge in [0.15, 0.2) is 0 Å². The van der Waals surface area contributed by atoms with E-state index in [0.717, 1.165) is 32.1 Å². The molecule has 26 heavy (non-hydrogen) atoms. The maximum atomic E-state index is 10.6. The van der Waals surface area contributed by atoms with E-state index in [1.54, 1.807) is 0 Å². The molecule has 0 atom stereocenters. The van der Waals surface area contributed by atoms with Crippen molar-refractivity contribution in [1.29, 1.82) is 0 Å². The molecule has 0 N–H and O–H groups in total. The summed E-state index contributed by atoms with van der Waals surface area (Å²) < 4.78 is 5.24. The minimum absolute atomic E-state index is 0.0916. The third-order valence-electron chi connectivity index (χ3n) is 5.87. The Balaban J connectivity index is 1.71. The van der Waals surface area contributed by atoms with Gasteiger partial charge in [0.05, 0.1) is 0 Å². The average Bonchev–Trinajstić information content (AvgIpc) is 3.33. The van der Waals surface area contributed by atoms with Crippen LogP contribution in [0.3, 0.4) is 0 Å². The van der Waals surface area contributed by atoms with Crippen LogP contribution in [-0.4, -0.2) is 12.1 Å². The van der Waals surface area contributed by atoms with Crippen molar-refractivity contribution in [2.75, 3.05) is 0 Å². The van der Waals surface area contributed by atoms with E-state index in [0.29, 0.717) is 11.9 Å². The maximum absolute atomic E-state index is 10.6. The van der Waals surface area contributed by atoms with Crippen LogP contribution in [0.15, 0.2) is 18.2 Å². The fourth-order valence-corrected chi connectivity index (χ4v) is 3.86. The summed E-state index contributed by atoms with van der Waals surface area (Å²) in [5.41, 5.74) is 4.89. The maximum Gasteiger partial charge on any atom is 0.293 e.